The third-order valence-corrected chi connectivity index (χ3v) is 12.9. The average molecular weight is 573 g/mol. The van der Waals surface area contributed by atoms with Crippen LogP contribution in [0.25, 0.3) is 21.5 Å². The van der Waals surface area contributed by atoms with Crippen LogP contribution in [0.4, 0.5) is 0 Å². The molecule has 4 aromatic carbocycles. The molecule has 0 amide bonds. The van der Waals surface area contributed by atoms with E-state index in [4.69, 9.17) is 17.0 Å². The summed E-state index contributed by atoms with van der Waals surface area (Å²) in [4.78, 5) is 0. The molecule has 34 heavy (non-hydrogen) atoms. The van der Waals surface area contributed by atoms with Gasteiger partial charge in [-0.25, -0.2) is 0 Å². The zero-order chi connectivity index (χ0) is 24.5. The van der Waals surface area contributed by atoms with Crippen LogP contribution in [0, 0.1) is 0 Å². The summed E-state index contributed by atoms with van der Waals surface area (Å²) >= 11 is -1.85. The van der Waals surface area contributed by atoms with E-state index in [0.29, 0.717) is 11.8 Å². The van der Waals surface area contributed by atoms with Crippen LogP contribution < -0.4 is 0 Å². The number of halogens is 2. The zero-order valence-corrected chi connectivity index (χ0v) is 25.1. The number of hydrogen-bond acceptors (Lipinski definition) is 0. The summed E-state index contributed by atoms with van der Waals surface area (Å²) < 4.78 is 1.52. The van der Waals surface area contributed by atoms with E-state index in [2.05, 4.69) is 100 Å². The van der Waals surface area contributed by atoms with Crippen molar-refractivity contribution in [2.24, 2.45) is 0 Å². The molecular formula is C31H38Cl2Zr-2. The first kappa shape index (κ1) is 27.6. The molecule has 0 saturated heterocycles. The van der Waals surface area contributed by atoms with Crippen molar-refractivity contribution in [3.8, 4) is 0 Å². The molecule has 0 aliphatic heterocycles. The standard InChI is InChI=1S/2C13H15.C5H8.2ClH.Zr/c2*1-3-10(2)12-9-8-11-6-4-5-7-13(11)12;1-2-4-5-3-1;;;/h2*4-10H,3H2,1-2H3;1-4H2;2*1H;/q2*-1;;;;+2/p-2. The monoisotopic (exact) mass is 570 g/mol. The molecule has 0 bridgehead atoms. The maximum atomic E-state index is 5.81. The Morgan fingerprint density at radius 3 is 1.50 bits per heavy atom. The van der Waals surface area contributed by atoms with Crippen LogP contribution >= 0.6 is 17.0 Å². The predicted molar refractivity (Wildman–Crippen MR) is 152 cm³/mol. The van der Waals surface area contributed by atoms with Crippen LogP contribution in [0.2, 0.25) is 0 Å². The third kappa shape index (κ3) is 7.25. The molecule has 0 N–H and O–H groups in total. The van der Waals surface area contributed by atoms with Gasteiger partial charge >= 0.3 is 64.8 Å². The van der Waals surface area contributed by atoms with E-state index >= 15 is 0 Å². The van der Waals surface area contributed by atoms with E-state index in [1.807, 2.05) is 0 Å². The van der Waals surface area contributed by atoms with Crippen molar-refractivity contribution in [2.45, 2.75) is 78.1 Å². The fourth-order valence-electron chi connectivity index (χ4n) is 4.64. The number of fused-ring (bicyclic) bond motifs is 2. The van der Waals surface area contributed by atoms with Crippen LogP contribution in [-0.2, 0) is 18.9 Å². The molecule has 4 aromatic rings. The van der Waals surface area contributed by atoms with Gasteiger partial charge in [0.05, 0.1) is 0 Å². The maximum absolute atomic E-state index is 5.81. The molecule has 1 saturated carbocycles. The van der Waals surface area contributed by atoms with Crippen molar-refractivity contribution in [1.82, 2.24) is 0 Å². The Kier molecular flexibility index (Phi) is 11.3. The van der Waals surface area contributed by atoms with Gasteiger partial charge in [-0.2, -0.15) is 11.1 Å². The van der Waals surface area contributed by atoms with Crippen LogP contribution in [0.15, 0.2) is 72.8 Å². The quantitative estimate of drug-likeness (QED) is 0.213. The van der Waals surface area contributed by atoms with E-state index in [0.717, 1.165) is 0 Å². The first-order valence-electron chi connectivity index (χ1n) is 12.8. The number of rotatable bonds is 4. The molecule has 2 atom stereocenters. The van der Waals surface area contributed by atoms with Crippen molar-refractivity contribution in [3.05, 3.63) is 83.9 Å². The summed E-state index contributed by atoms with van der Waals surface area (Å²) in [5, 5.41) is 5.60. The van der Waals surface area contributed by atoms with Gasteiger partial charge in [0.15, 0.2) is 0 Å². The summed E-state index contributed by atoms with van der Waals surface area (Å²) in [6.07, 6.45) is 7.57. The van der Waals surface area contributed by atoms with Crippen molar-refractivity contribution in [1.29, 1.82) is 0 Å². The van der Waals surface area contributed by atoms with Gasteiger partial charge in [0.2, 0.25) is 0 Å². The minimum atomic E-state index is -1.85. The molecule has 0 nitrogen and oxygen atoms in total. The van der Waals surface area contributed by atoms with E-state index < -0.39 is 18.9 Å². The predicted octanol–water partition coefficient (Wildman–Crippen LogP) is 10.8. The van der Waals surface area contributed by atoms with Gasteiger partial charge in [-0.1, -0.05) is 64.5 Å². The second-order valence-electron chi connectivity index (χ2n) is 9.44. The van der Waals surface area contributed by atoms with Gasteiger partial charge < -0.3 is 0 Å². The number of benzene rings is 2. The first-order chi connectivity index (χ1) is 16.5. The van der Waals surface area contributed by atoms with Gasteiger partial charge in [0, 0.05) is 0 Å². The zero-order valence-electron chi connectivity index (χ0n) is 21.1. The SMILES string of the molecule is CCC(C)c1c[cH-]c2ccccc12.CCC(C)c1c[cH-]c2ccccc12.[Cl][Zr]([Cl])=[C]1CCCC1. The first-order valence-corrected chi connectivity index (χ1v) is 20.3. The molecule has 0 spiro atoms. The molecule has 182 valence electrons. The Bertz CT molecular complexity index is 1100. The number of hydrogen-bond donors (Lipinski definition) is 0. The molecule has 1 aliphatic carbocycles. The summed E-state index contributed by atoms with van der Waals surface area (Å²) in [5.41, 5.74) is 3.00. The van der Waals surface area contributed by atoms with Crippen LogP contribution in [0.5, 0.6) is 0 Å². The molecular weight excluding hydrogens is 534 g/mol. The molecule has 1 fully saturated rings. The Morgan fingerprint density at radius 1 is 0.735 bits per heavy atom. The topological polar surface area (TPSA) is 0 Å². The van der Waals surface area contributed by atoms with E-state index in [1.165, 1.54) is 74.4 Å². The Balaban J connectivity index is 0.000000148. The molecule has 0 radical (unpaired) electrons. The second-order valence-corrected chi connectivity index (χ2v) is 18.1. The summed E-state index contributed by atoms with van der Waals surface area (Å²) in [7, 11) is 11.6. The van der Waals surface area contributed by atoms with Gasteiger partial charge in [-0.05, 0) is 0 Å². The van der Waals surface area contributed by atoms with E-state index in [1.54, 1.807) is 0 Å². The molecule has 0 heterocycles. The van der Waals surface area contributed by atoms with E-state index in [9.17, 15) is 0 Å². The third-order valence-electron chi connectivity index (χ3n) is 7.19. The van der Waals surface area contributed by atoms with Gasteiger partial charge in [-0.15, -0.1) is 82.2 Å². The van der Waals surface area contributed by atoms with Crippen molar-refractivity contribution < 1.29 is 18.9 Å². The Labute approximate surface area is 221 Å². The van der Waals surface area contributed by atoms with E-state index in [-0.39, 0.29) is 0 Å². The average Bonchev–Trinajstić information content (AvgIpc) is 3.63. The summed E-state index contributed by atoms with van der Waals surface area (Å²) in [5.74, 6) is 1.36. The van der Waals surface area contributed by atoms with Crippen LogP contribution in [0.1, 0.15) is 89.2 Å². The molecule has 0 aromatic heterocycles. The van der Waals surface area contributed by atoms with Crippen molar-refractivity contribution >= 4 is 41.8 Å². The van der Waals surface area contributed by atoms with Crippen LogP contribution in [0.3, 0.4) is 0 Å². The summed E-state index contributed by atoms with van der Waals surface area (Å²) in [6, 6.07) is 26.2. The molecule has 3 heteroatoms. The van der Waals surface area contributed by atoms with Gasteiger partial charge in [0.25, 0.3) is 0 Å². The van der Waals surface area contributed by atoms with Gasteiger partial charge in [0.1, 0.15) is 0 Å². The summed E-state index contributed by atoms with van der Waals surface area (Å²) in [6.45, 7) is 9.07. The van der Waals surface area contributed by atoms with Gasteiger partial charge in [-0.3, -0.25) is 0 Å². The molecule has 5 rings (SSSR count). The normalized spacial score (nSPS) is 14.8. The Hall–Kier alpha value is -1.01. The minimum absolute atomic E-state index is 0.680. The van der Waals surface area contributed by atoms with Crippen LogP contribution in [-0.4, -0.2) is 3.21 Å². The fraction of sp³-hybridized carbons (Fsp3) is 0.387. The van der Waals surface area contributed by atoms with Crippen molar-refractivity contribution in [2.75, 3.05) is 0 Å². The molecule has 2 unspecified atom stereocenters. The Morgan fingerprint density at radius 2 is 1.15 bits per heavy atom. The fourth-order valence-corrected chi connectivity index (χ4v) is 8.67. The molecule has 1 aliphatic rings. The van der Waals surface area contributed by atoms with Crippen molar-refractivity contribution in [3.63, 3.8) is 0 Å². The second kappa shape index (κ2) is 13.9.